The molecule has 35 unspecified atom stereocenters. The molecule has 1 aromatic carbocycles. The smallest absolute Gasteiger partial charge is 0.259 e. The van der Waals surface area contributed by atoms with Gasteiger partial charge in [-0.3, -0.25) is 4.79 Å². The molecule has 1 aromatic rings. The lowest BCUT2D eigenvalue weighted by atomic mass is 9.95. The number of aliphatic hydroxyl groups excluding tert-OH is 24. The van der Waals surface area contributed by atoms with Gasteiger partial charge >= 0.3 is 0 Å². The monoisotopic (exact) mass is 1430 g/mol. The Bertz CT molecular complexity index is 2630. The second kappa shape index (κ2) is 33.2. The highest BCUT2D eigenvalue weighted by atomic mass is 16.8. The van der Waals surface area contributed by atoms with Crippen molar-refractivity contribution in [3.8, 4) is 11.5 Å². The first-order chi connectivity index (χ1) is 46.7. The van der Waals surface area contributed by atoms with Crippen LogP contribution < -0.4 is 14.8 Å². The molecule has 1 amide bonds. The van der Waals surface area contributed by atoms with Gasteiger partial charge in [-0.1, -0.05) is 0 Å². The van der Waals surface area contributed by atoms with E-state index in [1.165, 1.54) is 24.3 Å². The molecule has 25 N–H and O–H groups in total. The van der Waals surface area contributed by atoms with E-state index >= 15 is 0 Å². The molecule has 0 saturated carbocycles. The molecule has 0 radical (unpaired) electrons. The second-order valence-corrected chi connectivity index (χ2v) is 24.5. The fourth-order valence-corrected chi connectivity index (χ4v) is 12.6. The van der Waals surface area contributed by atoms with Gasteiger partial charge in [0.05, 0.1) is 46.2 Å². The van der Waals surface area contributed by atoms with Crippen molar-refractivity contribution in [2.24, 2.45) is 0 Å². The van der Waals surface area contributed by atoms with E-state index < -0.39 is 305 Å². The molecule has 23 rings (SSSR count). The first-order valence-electron chi connectivity index (χ1n) is 31.0. The number of benzene rings is 1. The van der Waals surface area contributed by atoms with Gasteiger partial charge in [0.25, 0.3) is 5.91 Å². The Morgan fingerprint density at radius 1 is 0.286 bits per heavy atom. The van der Waals surface area contributed by atoms with Crippen molar-refractivity contribution in [3.05, 3.63) is 24.3 Å². The lowest BCUT2D eigenvalue weighted by molar-refractivity contribution is -0.396. The lowest BCUT2D eigenvalue weighted by Gasteiger charge is -2.50. The largest absolute Gasteiger partial charge is 0.484 e. The number of amides is 1. The summed E-state index contributed by atoms with van der Waals surface area (Å²) < 4.78 is 97.2. The highest BCUT2D eigenvalue weighted by Gasteiger charge is 2.60. The van der Waals surface area contributed by atoms with Crippen molar-refractivity contribution in [1.29, 1.82) is 0 Å². The van der Waals surface area contributed by atoms with Crippen molar-refractivity contribution in [2.75, 3.05) is 52.9 Å². The Hall–Kier alpha value is -3.27. The third kappa shape index (κ3) is 15.9. The van der Waals surface area contributed by atoms with E-state index in [1.54, 1.807) is 0 Å². The molecule has 22 aliphatic heterocycles. The maximum atomic E-state index is 13.8. The predicted molar refractivity (Wildman–Crippen MR) is 296 cm³/mol. The maximum Gasteiger partial charge on any atom is 0.259 e. The topological polar surface area (TPSA) is 672 Å². The average molecular weight is 1430 g/mol. The van der Waals surface area contributed by atoms with Crippen molar-refractivity contribution < 1.29 is 208 Å². The van der Waals surface area contributed by atoms with Crippen molar-refractivity contribution in [1.82, 2.24) is 5.32 Å². The molecular weight excluding hydrogens is 1350 g/mol. The van der Waals surface area contributed by atoms with Gasteiger partial charge in [0.2, 0.25) is 6.29 Å². The summed E-state index contributed by atoms with van der Waals surface area (Å²) in [7, 11) is 0. The Morgan fingerprint density at radius 3 is 0.827 bits per heavy atom. The van der Waals surface area contributed by atoms with Crippen LogP contribution in [-0.2, 0) is 75.8 Å². The summed E-state index contributed by atoms with van der Waals surface area (Å²) in [4.78, 5) is 13.8. The SMILES string of the molecule is O=C(COc1ccc(O[C@@H]2O[C@@H](CO)[C@@H](O)[C@H](O)[C@@H]2O)cc1)NC1OC2OC3C(CO)OC(OC4C(CO)OC(OC5C(CO)OC(OC6C(CO)OC(OC7C(CO)OC(OC8C(CO)OC(OC1C(O)C2O)C(O)C8O)C(O)C7O)C(O)C6O)C(O)C5O)C(O)C4O)C(O)C3O. The van der Waals surface area contributed by atoms with E-state index in [4.69, 9.17) is 80.5 Å². The van der Waals surface area contributed by atoms with Gasteiger partial charge in [-0.15, -0.1) is 0 Å². The minimum absolute atomic E-state index is 0.0105. The number of aliphatic hydroxyl groups is 24. The molecule has 562 valence electrons. The van der Waals surface area contributed by atoms with Crippen LogP contribution in [0.25, 0.3) is 0 Å². The van der Waals surface area contributed by atoms with E-state index in [2.05, 4.69) is 5.32 Å². The van der Waals surface area contributed by atoms with Gasteiger partial charge in [-0.2, -0.15) is 0 Å². The zero-order chi connectivity index (χ0) is 71.0. The third-order valence-electron chi connectivity index (χ3n) is 18.1. The molecule has 22 saturated heterocycles. The number of hydrogen-bond acceptors (Lipinski definition) is 42. The van der Waals surface area contributed by atoms with E-state index in [1.807, 2.05) is 0 Å². The number of carbonyl (C=O) groups is 1. The predicted octanol–water partition coefficient (Wildman–Crippen LogP) is -16.9. The Balaban J connectivity index is 0.917. The van der Waals surface area contributed by atoms with Crippen LogP contribution in [0, 0.1) is 0 Å². The minimum atomic E-state index is -2.40. The van der Waals surface area contributed by atoms with E-state index in [-0.39, 0.29) is 11.5 Å². The highest BCUT2D eigenvalue weighted by molar-refractivity contribution is 5.77. The Labute approximate surface area is 552 Å². The Morgan fingerprint density at radius 2 is 0.541 bits per heavy atom. The van der Waals surface area contributed by atoms with E-state index in [0.29, 0.717) is 0 Å². The third-order valence-corrected chi connectivity index (χ3v) is 18.1. The molecule has 98 heavy (non-hydrogen) atoms. The van der Waals surface area contributed by atoms with Gasteiger partial charge < -0.3 is 208 Å². The van der Waals surface area contributed by atoms with Crippen LogP contribution in [0.2, 0.25) is 0 Å². The van der Waals surface area contributed by atoms with Gasteiger partial charge in [0, 0.05) is 0 Å². The molecule has 0 aromatic heterocycles. The molecule has 40 atom stereocenters. The molecule has 22 fully saturated rings. The van der Waals surface area contributed by atoms with Gasteiger partial charge in [-0.05, 0) is 24.3 Å². The summed E-state index contributed by atoms with van der Waals surface area (Å²) in [5, 5.41) is 267. The molecule has 0 spiro atoms. The number of rotatable bonds is 13. The van der Waals surface area contributed by atoms with Crippen LogP contribution in [0.15, 0.2) is 24.3 Å². The van der Waals surface area contributed by atoms with Crippen molar-refractivity contribution >= 4 is 5.91 Å². The average Bonchev–Trinajstić information content (AvgIpc) is 0.778. The van der Waals surface area contributed by atoms with Crippen LogP contribution in [0.5, 0.6) is 11.5 Å². The molecule has 43 nitrogen and oxygen atoms in total. The highest BCUT2D eigenvalue weighted by Crippen LogP contribution is 2.39. The van der Waals surface area contributed by atoms with Crippen LogP contribution in [0.4, 0.5) is 0 Å². The maximum absolute atomic E-state index is 13.8. The van der Waals surface area contributed by atoms with Crippen molar-refractivity contribution in [3.63, 3.8) is 0 Å². The molecule has 22 heterocycles. The molecule has 0 aliphatic carbocycles. The Kier molecular flexibility index (Phi) is 26.2. The quantitative estimate of drug-likeness (QED) is 0.0872. The summed E-state index contributed by atoms with van der Waals surface area (Å²) in [5.41, 5.74) is 0. The van der Waals surface area contributed by atoms with Crippen LogP contribution >= 0.6 is 0 Å². The van der Waals surface area contributed by atoms with Crippen LogP contribution in [0.3, 0.4) is 0 Å². The van der Waals surface area contributed by atoms with E-state index in [9.17, 15) is 127 Å². The molecule has 43 heteroatoms. The first kappa shape index (κ1) is 77.3. The van der Waals surface area contributed by atoms with E-state index in [0.717, 1.165) is 0 Å². The van der Waals surface area contributed by atoms with Crippen LogP contribution in [-0.4, -0.2) is 427 Å². The number of hydrogen-bond donors (Lipinski definition) is 25. The summed E-state index contributed by atoms with van der Waals surface area (Å²) in [6, 6.07) is 5.04. The fraction of sp³-hybridized carbons (Fsp3) is 0.873. The second-order valence-electron chi connectivity index (χ2n) is 24.5. The fourth-order valence-electron chi connectivity index (χ4n) is 12.6. The first-order valence-corrected chi connectivity index (χ1v) is 31.0. The summed E-state index contributed by atoms with van der Waals surface area (Å²) in [6.07, 6.45) is -82.3. The minimum Gasteiger partial charge on any atom is -0.484 e. The zero-order valence-corrected chi connectivity index (χ0v) is 51.1. The summed E-state index contributed by atoms with van der Waals surface area (Å²) >= 11 is 0. The van der Waals surface area contributed by atoms with Gasteiger partial charge in [0.15, 0.2) is 56.9 Å². The summed E-state index contributed by atoms with van der Waals surface area (Å²) in [5.74, 6) is -1.20. The normalized spacial score (nSPS) is 50.6. The number of carbonyl (C=O) groups excluding carboxylic acids is 1. The lowest BCUT2D eigenvalue weighted by Crippen LogP contribution is -2.69. The molecular formula is C55H85NO42. The van der Waals surface area contributed by atoms with Crippen molar-refractivity contribution in [2.45, 2.75) is 246 Å². The number of ether oxygens (including phenoxy) is 17. The standard InChI is InChI=1S/C55H85NO42/c57-5-15-23(65)24(66)32(74)48(84-15)83-14-3-1-13(2-4-14)82-12-22(64)56-47-46-31(73)39(81)55(98-47)96-45-21(11-63)89-53(37(79)29(45)71)94-43-19(9-61)87-51(35(77)27(43)69)92-41-17(7-59)85-49(33(75)25(41)67)91-40-16(6-58)86-50(34(76)26(40)68)93-42-18(8-60)88-52(36(78)28(42)70)95-44-20(10-62)90-54(97-46)38(80)30(44)72/h1-4,15-21,23-55,57-63,65-81H,5-12H2,(H,56,64)/t15-,16?,17?,18?,19?,20?,21?,23+,24-,25?,26?,27?,28?,29?,30?,31?,32-,33?,34?,35?,36?,37?,38?,39?,40?,41?,42?,43?,44?,45?,46?,47?,48+,49?,50?,51?,52?,53?,54?,55?/m0/s1. The van der Waals surface area contributed by atoms with Crippen LogP contribution in [0.1, 0.15) is 0 Å². The van der Waals surface area contributed by atoms with Gasteiger partial charge in [0.1, 0.15) is 201 Å². The number of nitrogens with one attached hydrogen (secondary N) is 1. The zero-order valence-electron chi connectivity index (χ0n) is 51.1. The molecule has 14 bridgehead atoms. The summed E-state index contributed by atoms with van der Waals surface area (Å²) in [6.45, 7) is -8.36. The van der Waals surface area contributed by atoms with Gasteiger partial charge in [-0.25, -0.2) is 0 Å². The molecule has 22 aliphatic rings.